The minimum atomic E-state index is -0.403. The zero-order valence-corrected chi connectivity index (χ0v) is 8.41. The Morgan fingerprint density at radius 3 is 2.57 bits per heavy atom. The van der Waals surface area contributed by atoms with Crippen molar-refractivity contribution in [1.29, 1.82) is 5.26 Å². The summed E-state index contributed by atoms with van der Waals surface area (Å²) in [7, 11) is 0. The SMILES string of the molecule is Cc1cc(O)c(C(N)CC#N)cc1C. The summed E-state index contributed by atoms with van der Waals surface area (Å²) in [5.74, 6) is 0.177. The van der Waals surface area contributed by atoms with Gasteiger partial charge in [-0.05, 0) is 31.0 Å². The van der Waals surface area contributed by atoms with Gasteiger partial charge in [-0.25, -0.2) is 0 Å². The largest absolute Gasteiger partial charge is 0.508 e. The Morgan fingerprint density at radius 1 is 1.43 bits per heavy atom. The number of aryl methyl sites for hydroxylation is 2. The molecule has 3 nitrogen and oxygen atoms in total. The summed E-state index contributed by atoms with van der Waals surface area (Å²) in [5.41, 5.74) is 8.49. The van der Waals surface area contributed by atoms with Crippen molar-refractivity contribution in [2.45, 2.75) is 26.3 Å². The number of nitrogens with two attached hydrogens (primary N) is 1. The predicted molar refractivity (Wildman–Crippen MR) is 54.7 cm³/mol. The molecule has 14 heavy (non-hydrogen) atoms. The molecule has 1 rings (SSSR count). The van der Waals surface area contributed by atoms with Gasteiger partial charge < -0.3 is 10.8 Å². The van der Waals surface area contributed by atoms with Crippen molar-refractivity contribution in [2.24, 2.45) is 5.73 Å². The van der Waals surface area contributed by atoms with Crippen LogP contribution in [0.4, 0.5) is 0 Å². The van der Waals surface area contributed by atoms with Gasteiger partial charge in [0.1, 0.15) is 5.75 Å². The lowest BCUT2D eigenvalue weighted by atomic mass is 9.99. The van der Waals surface area contributed by atoms with Crippen LogP contribution in [0.5, 0.6) is 5.75 Å². The Bertz CT molecular complexity index is 380. The molecular formula is C11H14N2O. The van der Waals surface area contributed by atoms with Gasteiger partial charge in [-0.2, -0.15) is 5.26 Å². The van der Waals surface area contributed by atoms with Crippen LogP contribution >= 0.6 is 0 Å². The van der Waals surface area contributed by atoms with Crippen molar-refractivity contribution in [1.82, 2.24) is 0 Å². The van der Waals surface area contributed by atoms with Crippen LogP contribution in [0.3, 0.4) is 0 Å². The molecule has 1 aromatic rings. The van der Waals surface area contributed by atoms with Gasteiger partial charge in [0.25, 0.3) is 0 Å². The highest BCUT2D eigenvalue weighted by Gasteiger charge is 2.11. The number of nitriles is 1. The van der Waals surface area contributed by atoms with E-state index in [1.54, 1.807) is 6.07 Å². The van der Waals surface area contributed by atoms with Crippen molar-refractivity contribution < 1.29 is 5.11 Å². The second kappa shape index (κ2) is 4.12. The first-order chi connectivity index (χ1) is 6.56. The first kappa shape index (κ1) is 10.6. The zero-order valence-electron chi connectivity index (χ0n) is 8.41. The highest BCUT2D eigenvalue weighted by Crippen LogP contribution is 2.27. The van der Waals surface area contributed by atoms with Crippen molar-refractivity contribution >= 4 is 0 Å². The first-order valence-electron chi connectivity index (χ1n) is 4.49. The van der Waals surface area contributed by atoms with Crippen LogP contribution < -0.4 is 5.73 Å². The fourth-order valence-electron chi connectivity index (χ4n) is 1.33. The van der Waals surface area contributed by atoms with E-state index >= 15 is 0 Å². The Labute approximate surface area is 83.8 Å². The van der Waals surface area contributed by atoms with Crippen LogP contribution in [0.25, 0.3) is 0 Å². The molecule has 0 aromatic heterocycles. The number of rotatable bonds is 2. The molecule has 0 bridgehead atoms. The van der Waals surface area contributed by atoms with Crippen LogP contribution in [0.15, 0.2) is 12.1 Å². The first-order valence-corrected chi connectivity index (χ1v) is 4.49. The van der Waals surface area contributed by atoms with Crippen LogP contribution in [-0.2, 0) is 0 Å². The molecule has 1 unspecified atom stereocenters. The second-order valence-corrected chi connectivity index (χ2v) is 3.46. The molecular weight excluding hydrogens is 176 g/mol. The van der Waals surface area contributed by atoms with Gasteiger partial charge >= 0.3 is 0 Å². The van der Waals surface area contributed by atoms with Gasteiger partial charge in [-0.15, -0.1) is 0 Å². The van der Waals surface area contributed by atoms with Gasteiger partial charge in [0.2, 0.25) is 0 Å². The summed E-state index contributed by atoms with van der Waals surface area (Å²) in [6, 6.07) is 5.11. The molecule has 0 aliphatic heterocycles. The van der Waals surface area contributed by atoms with E-state index in [0.29, 0.717) is 5.56 Å². The molecule has 0 aliphatic rings. The lowest BCUT2D eigenvalue weighted by Crippen LogP contribution is -2.09. The fourth-order valence-corrected chi connectivity index (χ4v) is 1.33. The standard InChI is InChI=1S/C11H14N2O/c1-7-5-9(10(13)3-4-12)11(14)6-8(7)2/h5-6,10,14H,3,13H2,1-2H3. The molecule has 3 heteroatoms. The quantitative estimate of drug-likeness (QED) is 0.748. The number of hydrogen-bond acceptors (Lipinski definition) is 3. The molecule has 0 aliphatic carbocycles. The fraction of sp³-hybridized carbons (Fsp3) is 0.364. The van der Waals surface area contributed by atoms with Crippen molar-refractivity contribution in [3.05, 3.63) is 28.8 Å². The Morgan fingerprint density at radius 2 is 2.00 bits per heavy atom. The average Bonchev–Trinajstić information content (AvgIpc) is 2.11. The molecule has 0 fully saturated rings. The Hall–Kier alpha value is -1.53. The summed E-state index contributed by atoms with van der Waals surface area (Å²) in [5, 5.41) is 18.1. The van der Waals surface area contributed by atoms with Crippen LogP contribution in [-0.4, -0.2) is 5.11 Å². The molecule has 0 heterocycles. The van der Waals surface area contributed by atoms with Gasteiger partial charge in [0.05, 0.1) is 12.5 Å². The monoisotopic (exact) mass is 190 g/mol. The third kappa shape index (κ3) is 2.04. The highest BCUT2D eigenvalue weighted by atomic mass is 16.3. The second-order valence-electron chi connectivity index (χ2n) is 3.46. The third-order valence-corrected chi connectivity index (χ3v) is 2.35. The van der Waals surface area contributed by atoms with Crippen molar-refractivity contribution in [3.8, 4) is 11.8 Å². The van der Waals surface area contributed by atoms with E-state index in [4.69, 9.17) is 11.0 Å². The summed E-state index contributed by atoms with van der Waals surface area (Å²) in [4.78, 5) is 0. The lowest BCUT2D eigenvalue weighted by Gasteiger charge is -2.12. The summed E-state index contributed by atoms with van der Waals surface area (Å²) < 4.78 is 0. The van der Waals surface area contributed by atoms with E-state index < -0.39 is 6.04 Å². The predicted octanol–water partition coefficient (Wildman–Crippen LogP) is 1.92. The van der Waals surface area contributed by atoms with Gasteiger partial charge in [-0.1, -0.05) is 6.07 Å². The third-order valence-electron chi connectivity index (χ3n) is 2.35. The molecule has 74 valence electrons. The number of nitrogens with zero attached hydrogens (tertiary/aromatic N) is 1. The van der Waals surface area contributed by atoms with E-state index in [9.17, 15) is 5.11 Å². The minimum Gasteiger partial charge on any atom is -0.508 e. The van der Waals surface area contributed by atoms with E-state index in [0.717, 1.165) is 11.1 Å². The number of phenolic OH excluding ortho intramolecular Hbond substituents is 1. The van der Waals surface area contributed by atoms with Crippen molar-refractivity contribution in [2.75, 3.05) is 0 Å². The smallest absolute Gasteiger partial charge is 0.120 e. The number of hydrogen-bond donors (Lipinski definition) is 2. The lowest BCUT2D eigenvalue weighted by molar-refractivity contribution is 0.461. The molecule has 1 aromatic carbocycles. The maximum atomic E-state index is 9.62. The molecule has 1 atom stereocenters. The minimum absolute atomic E-state index is 0.177. The molecule has 0 amide bonds. The summed E-state index contributed by atoms with van der Waals surface area (Å²) in [6.45, 7) is 3.88. The number of benzene rings is 1. The zero-order chi connectivity index (χ0) is 10.7. The summed E-state index contributed by atoms with van der Waals surface area (Å²) >= 11 is 0. The highest BCUT2D eigenvalue weighted by molar-refractivity contribution is 5.42. The van der Waals surface area contributed by atoms with Crippen LogP contribution in [0.1, 0.15) is 29.2 Å². The van der Waals surface area contributed by atoms with E-state index in [1.165, 1.54) is 0 Å². The Kier molecular flexibility index (Phi) is 3.10. The summed E-state index contributed by atoms with van der Waals surface area (Å²) in [6.07, 6.45) is 0.218. The van der Waals surface area contributed by atoms with Crippen molar-refractivity contribution in [3.63, 3.8) is 0 Å². The normalized spacial score (nSPS) is 12.1. The average molecular weight is 190 g/mol. The Balaban J connectivity index is 3.10. The van der Waals surface area contributed by atoms with E-state index in [2.05, 4.69) is 0 Å². The van der Waals surface area contributed by atoms with E-state index in [-0.39, 0.29) is 12.2 Å². The van der Waals surface area contributed by atoms with Crippen LogP contribution in [0.2, 0.25) is 0 Å². The topological polar surface area (TPSA) is 70.0 Å². The van der Waals surface area contributed by atoms with Gasteiger partial charge in [-0.3, -0.25) is 0 Å². The number of phenols is 1. The molecule has 0 radical (unpaired) electrons. The van der Waals surface area contributed by atoms with Gasteiger partial charge in [0, 0.05) is 11.6 Å². The molecule has 3 N–H and O–H groups in total. The maximum absolute atomic E-state index is 9.62. The molecule has 0 saturated heterocycles. The molecule has 0 spiro atoms. The molecule has 0 saturated carbocycles. The maximum Gasteiger partial charge on any atom is 0.120 e. The van der Waals surface area contributed by atoms with E-state index in [1.807, 2.05) is 26.0 Å². The van der Waals surface area contributed by atoms with Gasteiger partial charge in [0.15, 0.2) is 0 Å². The van der Waals surface area contributed by atoms with Crippen LogP contribution in [0, 0.1) is 25.2 Å². The number of aromatic hydroxyl groups is 1.